The summed E-state index contributed by atoms with van der Waals surface area (Å²) >= 11 is 0. The summed E-state index contributed by atoms with van der Waals surface area (Å²) in [5.41, 5.74) is 6.14. The van der Waals surface area contributed by atoms with Crippen LogP contribution in [0.5, 0.6) is 0 Å². The molecular formula is C12H23NO2. The maximum atomic E-state index is 6.21. The Hall–Kier alpha value is -0.120. The van der Waals surface area contributed by atoms with Crippen LogP contribution in [0.4, 0.5) is 0 Å². The lowest BCUT2D eigenvalue weighted by Crippen LogP contribution is -2.45. The molecule has 0 saturated carbocycles. The van der Waals surface area contributed by atoms with E-state index in [1.165, 1.54) is 12.8 Å². The third kappa shape index (κ3) is 2.71. The van der Waals surface area contributed by atoms with Gasteiger partial charge in [0.25, 0.3) is 0 Å². The standard InChI is InChI=1S/C12H23NO2/c1-12(7-3-9-15-12)11(13)6-5-10-4-2-8-14-10/h10-11H,2-9,13H2,1H3. The van der Waals surface area contributed by atoms with Crippen LogP contribution in [0, 0.1) is 0 Å². The van der Waals surface area contributed by atoms with Crippen molar-refractivity contribution in [2.45, 2.75) is 63.2 Å². The second-order valence-electron chi connectivity index (χ2n) is 5.08. The van der Waals surface area contributed by atoms with Gasteiger partial charge in [-0.25, -0.2) is 0 Å². The zero-order valence-corrected chi connectivity index (χ0v) is 9.71. The van der Waals surface area contributed by atoms with Gasteiger partial charge in [-0.1, -0.05) is 0 Å². The van der Waals surface area contributed by atoms with Gasteiger partial charge < -0.3 is 15.2 Å². The molecule has 0 aromatic carbocycles. The summed E-state index contributed by atoms with van der Waals surface area (Å²) in [6, 6.07) is 0.171. The van der Waals surface area contributed by atoms with Gasteiger partial charge in [-0.05, 0) is 45.4 Å². The quantitative estimate of drug-likeness (QED) is 0.775. The lowest BCUT2D eigenvalue weighted by Gasteiger charge is -2.31. The fourth-order valence-corrected chi connectivity index (χ4v) is 2.64. The molecule has 0 aliphatic carbocycles. The minimum Gasteiger partial charge on any atom is -0.378 e. The molecule has 3 unspecified atom stereocenters. The SMILES string of the molecule is CC1(C(N)CCC2CCCO2)CCCO1. The monoisotopic (exact) mass is 213 g/mol. The van der Waals surface area contributed by atoms with Crippen LogP contribution < -0.4 is 5.73 Å². The van der Waals surface area contributed by atoms with Gasteiger partial charge in [-0.2, -0.15) is 0 Å². The Kier molecular flexibility index (Phi) is 3.65. The Bertz CT molecular complexity index is 196. The molecule has 0 amide bonds. The molecule has 2 heterocycles. The molecule has 2 N–H and O–H groups in total. The average molecular weight is 213 g/mol. The zero-order valence-electron chi connectivity index (χ0n) is 9.71. The summed E-state index contributed by atoms with van der Waals surface area (Å²) in [6.45, 7) is 3.97. The minimum atomic E-state index is -0.0708. The van der Waals surface area contributed by atoms with E-state index in [4.69, 9.17) is 15.2 Å². The molecule has 3 nitrogen and oxygen atoms in total. The molecule has 2 rings (SSSR count). The van der Waals surface area contributed by atoms with Crippen molar-refractivity contribution in [3.63, 3.8) is 0 Å². The van der Waals surface area contributed by atoms with E-state index in [1.54, 1.807) is 0 Å². The van der Waals surface area contributed by atoms with Crippen LogP contribution in [-0.2, 0) is 9.47 Å². The van der Waals surface area contributed by atoms with Crippen LogP contribution in [0.25, 0.3) is 0 Å². The van der Waals surface area contributed by atoms with Gasteiger partial charge in [0.1, 0.15) is 0 Å². The van der Waals surface area contributed by atoms with Crippen LogP contribution in [0.3, 0.4) is 0 Å². The highest BCUT2D eigenvalue weighted by Gasteiger charge is 2.36. The Morgan fingerprint density at radius 2 is 2.27 bits per heavy atom. The molecule has 2 saturated heterocycles. The number of rotatable bonds is 4. The maximum absolute atomic E-state index is 6.21. The first-order chi connectivity index (χ1) is 7.21. The molecule has 0 radical (unpaired) electrons. The highest BCUT2D eigenvalue weighted by Crippen LogP contribution is 2.30. The van der Waals surface area contributed by atoms with Crippen LogP contribution in [-0.4, -0.2) is 31.0 Å². The van der Waals surface area contributed by atoms with Crippen LogP contribution in [0.15, 0.2) is 0 Å². The molecule has 0 bridgehead atoms. The Labute approximate surface area is 92.3 Å². The average Bonchev–Trinajstić information content (AvgIpc) is 2.85. The molecule has 3 atom stereocenters. The minimum absolute atomic E-state index is 0.0708. The predicted octanol–water partition coefficient (Wildman–Crippen LogP) is 1.84. The molecule has 0 aromatic heterocycles. The van der Waals surface area contributed by atoms with Gasteiger partial charge in [0, 0.05) is 19.3 Å². The van der Waals surface area contributed by atoms with Gasteiger partial charge in [-0.15, -0.1) is 0 Å². The second kappa shape index (κ2) is 4.81. The molecule has 3 heteroatoms. The van der Waals surface area contributed by atoms with E-state index < -0.39 is 0 Å². The number of hydrogen-bond acceptors (Lipinski definition) is 3. The highest BCUT2D eigenvalue weighted by molar-refractivity contribution is 4.91. The summed E-state index contributed by atoms with van der Waals surface area (Å²) in [6.07, 6.45) is 7.28. The van der Waals surface area contributed by atoms with E-state index in [2.05, 4.69) is 6.92 Å². The van der Waals surface area contributed by atoms with E-state index in [0.29, 0.717) is 6.10 Å². The van der Waals surface area contributed by atoms with Gasteiger partial charge in [0.2, 0.25) is 0 Å². The normalized spacial score (nSPS) is 38.4. The van der Waals surface area contributed by atoms with E-state index in [1.807, 2.05) is 0 Å². The Balaban J connectivity index is 1.73. The van der Waals surface area contributed by atoms with Gasteiger partial charge in [0.15, 0.2) is 0 Å². The van der Waals surface area contributed by atoms with E-state index in [0.717, 1.165) is 38.9 Å². The predicted molar refractivity (Wildman–Crippen MR) is 59.8 cm³/mol. The molecule has 2 aliphatic rings. The third-order valence-corrected chi connectivity index (χ3v) is 3.86. The molecule has 15 heavy (non-hydrogen) atoms. The lowest BCUT2D eigenvalue weighted by atomic mass is 9.89. The van der Waals surface area contributed by atoms with Crippen LogP contribution in [0.1, 0.15) is 45.4 Å². The second-order valence-corrected chi connectivity index (χ2v) is 5.08. The summed E-state index contributed by atoms with van der Waals surface area (Å²) in [5, 5.41) is 0. The lowest BCUT2D eigenvalue weighted by molar-refractivity contribution is -0.00740. The van der Waals surface area contributed by atoms with E-state index in [9.17, 15) is 0 Å². The zero-order chi connectivity index (χ0) is 10.7. The topological polar surface area (TPSA) is 44.5 Å². The van der Waals surface area contributed by atoms with Crippen LogP contribution in [0.2, 0.25) is 0 Å². The van der Waals surface area contributed by atoms with Crippen molar-refractivity contribution in [2.24, 2.45) is 5.73 Å². The van der Waals surface area contributed by atoms with E-state index in [-0.39, 0.29) is 11.6 Å². The molecule has 0 spiro atoms. The van der Waals surface area contributed by atoms with Crippen molar-refractivity contribution >= 4 is 0 Å². The fourth-order valence-electron chi connectivity index (χ4n) is 2.64. The van der Waals surface area contributed by atoms with Crippen molar-refractivity contribution < 1.29 is 9.47 Å². The molecule has 2 fully saturated rings. The summed E-state index contributed by atoms with van der Waals surface area (Å²) in [5.74, 6) is 0. The van der Waals surface area contributed by atoms with Gasteiger partial charge in [0.05, 0.1) is 11.7 Å². The number of hydrogen-bond donors (Lipinski definition) is 1. The molecule has 0 aromatic rings. The molecular weight excluding hydrogens is 190 g/mol. The van der Waals surface area contributed by atoms with Crippen molar-refractivity contribution in [1.82, 2.24) is 0 Å². The van der Waals surface area contributed by atoms with Crippen molar-refractivity contribution in [2.75, 3.05) is 13.2 Å². The van der Waals surface area contributed by atoms with E-state index >= 15 is 0 Å². The Morgan fingerprint density at radius 1 is 1.40 bits per heavy atom. The molecule has 88 valence electrons. The first-order valence-electron chi connectivity index (χ1n) is 6.22. The summed E-state index contributed by atoms with van der Waals surface area (Å²) < 4.78 is 11.4. The number of ether oxygens (including phenoxy) is 2. The highest BCUT2D eigenvalue weighted by atomic mass is 16.5. The number of nitrogens with two attached hydrogens (primary N) is 1. The molecule has 2 aliphatic heterocycles. The van der Waals surface area contributed by atoms with Gasteiger partial charge in [-0.3, -0.25) is 0 Å². The van der Waals surface area contributed by atoms with Crippen molar-refractivity contribution in [3.05, 3.63) is 0 Å². The largest absolute Gasteiger partial charge is 0.378 e. The van der Waals surface area contributed by atoms with Gasteiger partial charge >= 0.3 is 0 Å². The summed E-state index contributed by atoms with van der Waals surface area (Å²) in [7, 11) is 0. The Morgan fingerprint density at radius 3 is 2.87 bits per heavy atom. The van der Waals surface area contributed by atoms with Crippen molar-refractivity contribution in [3.8, 4) is 0 Å². The smallest absolute Gasteiger partial charge is 0.0805 e. The van der Waals surface area contributed by atoms with Crippen LogP contribution >= 0.6 is 0 Å². The third-order valence-electron chi connectivity index (χ3n) is 3.86. The van der Waals surface area contributed by atoms with Crippen molar-refractivity contribution in [1.29, 1.82) is 0 Å². The first-order valence-corrected chi connectivity index (χ1v) is 6.22. The first kappa shape index (κ1) is 11.4. The maximum Gasteiger partial charge on any atom is 0.0805 e. The summed E-state index contributed by atoms with van der Waals surface area (Å²) in [4.78, 5) is 0. The fraction of sp³-hybridized carbons (Fsp3) is 1.00.